The molecule has 0 spiro atoms. The monoisotopic (exact) mass is 406 g/mol. The standard InChI is InChI=1S/C18H16BrClN2O2/c1-22(12-17(23)21-16-8-3-2-7-15(16)20)18(24)10-9-13-5-4-6-14(19)11-13/h2-11H,12H2,1H3,(H,21,23). The zero-order valence-electron chi connectivity index (χ0n) is 13.0. The van der Waals surface area contributed by atoms with E-state index in [0.717, 1.165) is 10.0 Å². The lowest BCUT2D eigenvalue weighted by Crippen LogP contribution is -2.33. The molecular formula is C18H16BrClN2O2. The van der Waals surface area contributed by atoms with Crippen LogP contribution < -0.4 is 5.32 Å². The number of hydrogen-bond donors (Lipinski definition) is 1. The molecule has 24 heavy (non-hydrogen) atoms. The zero-order valence-corrected chi connectivity index (χ0v) is 15.3. The number of carbonyl (C=O) groups excluding carboxylic acids is 2. The number of amides is 2. The van der Waals surface area contributed by atoms with Crippen molar-refractivity contribution in [3.05, 3.63) is 69.7 Å². The van der Waals surface area contributed by atoms with Gasteiger partial charge in [-0.2, -0.15) is 0 Å². The van der Waals surface area contributed by atoms with Crippen molar-refractivity contribution in [2.24, 2.45) is 0 Å². The third-order valence-corrected chi connectivity index (χ3v) is 3.99. The molecule has 0 aliphatic heterocycles. The lowest BCUT2D eigenvalue weighted by Gasteiger charge is -2.15. The molecule has 0 aliphatic rings. The van der Waals surface area contributed by atoms with Crippen LogP contribution in [0.5, 0.6) is 0 Å². The summed E-state index contributed by atoms with van der Waals surface area (Å²) in [5, 5.41) is 3.14. The topological polar surface area (TPSA) is 49.4 Å². The molecule has 0 heterocycles. The maximum absolute atomic E-state index is 12.1. The van der Waals surface area contributed by atoms with Gasteiger partial charge >= 0.3 is 0 Å². The van der Waals surface area contributed by atoms with Gasteiger partial charge in [0.05, 0.1) is 17.3 Å². The molecule has 2 amide bonds. The fourth-order valence-electron chi connectivity index (χ4n) is 1.95. The second-order valence-corrected chi connectivity index (χ2v) is 6.43. The number of nitrogens with zero attached hydrogens (tertiary/aromatic N) is 1. The van der Waals surface area contributed by atoms with Crippen molar-refractivity contribution in [1.82, 2.24) is 4.90 Å². The van der Waals surface area contributed by atoms with Gasteiger partial charge in [-0.15, -0.1) is 0 Å². The molecule has 2 rings (SSSR count). The lowest BCUT2D eigenvalue weighted by molar-refractivity contribution is -0.129. The van der Waals surface area contributed by atoms with Crippen LogP contribution in [0.1, 0.15) is 5.56 Å². The third kappa shape index (κ3) is 5.51. The highest BCUT2D eigenvalue weighted by atomic mass is 79.9. The Bertz CT molecular complexity index is 777. The Morgan fingerprint density at radius 2 is 1.96 bits per heavy atom. The summed E-state index contributed by atoms with van der Waals surface area (Å²) in [6.07, 6.45) is 3.14. The van der Waals surface area contributed by atoms with E-state index in [1.165, 1.54) is 11.0 Å². The van der Waals surface area contributed by atoms with Crippen molar-refractivity contribution in [2.45, 2.75) is 0 Å². The van der Waals surface area contributed by atoms with Crippen LogP contribution in [0, 0.1) is 0 Å². The molecule has 124 valence electrons. The van der Waals surface area contributed by atoms with Gasteiger partial charge in [-0.3, -0.25) is 9.59 Å². The Morgan fingerprint density at radius 3 is 2.67 bits per heavy atom. The minimum atomic E-state index is -0.310. The van der Waals surface area contributed by atoms with Crippen LogP contribution in [-0.4, -0.2) is 30.3 Å². The highest BCUT2D eigenvalue weighted by Gasteiger charge is 2.11. The Morgan fingerprint density at radius 1 is 1.21 bits per heavy atom. The van der Waals surface area contributed by atoms with E-state index in [1.54, 1.807) is 37.4 Å². The van der Waals surface area contributed by atoms with Gasteiger partial charge in [0.25, 0.3) is 0 Å². The fourth-order valence-corrected chi connectivity index (χ4v) is 2.55. The quantitative estimate of drug-likeness (QED) is 0.755. The molecule has 0 saturated heterocycles. The van der Waals surface area contributed by atoms with Crippen LogP contribution in [-0.2, 0) is 9.59 Å². The molecule has 2 aromatic carbocycles. The Hall–Kier alpha value is -2.11. The predicted octanol–water partition coefficient (Wildman–Crippen LogP) is 4.21. The van der Waals surface area contributed by atoms with Crippen molar-refractivity contribution < 1.29 is 9.59 Å². The molecule has 1 N–H and O–H groups in total. The smallest absolute Gasteiger partial charge is 0.246 e. The van der Waals surface area contributed by atoms with Crippen molar-refractivity contribution in [1.29, 1.82) is 0 Å². The van der Waals surface area contributed by atoms with E-state index >= 15 is 0 Å². The van der Waals surface area contributed by atoms with Gasteiger partial charge < -0.3 is 10.2 Å². The number of anilines is 1. The normalized spacial score (nSPS) is 10.6. The molecule has 0 saturated carbocycles. The number of carbonyl (C=O) groups is 2. The van der Waals surface area contributed by atoms with Crippen LogP contribution in [0.25, 0.3) is 6.08 Å². The Labute approximate surface area is 154 Å². The molecule has 0 fully saturated rings. The summed E-state index contributed by atoms with van der Waals surface area (Å²) in [5.74, 6) is -0.570. The third-order valence-electron chi connectivity index (χ3n) is 3.17. The van der Waals surface area contributed by atoms with Gasteiger partial charge in [0.15, 0.2) is 0 Å². The number of para-hydroxylation sites is 1. The fraction of sp³-hybridized carbons (Fsp3) is 0.111. The van der Waals surface area contributed by atoms with Gasteiger partial charge in [-0.05, 0) is 35.9 Å². The van der Waals surface area contributed by atoms with E-state index in [9.17, 15) is 9.59 Å². The highest BCUT2D eigenvalue weighted by molar-refractivity contribution is 9.10. The van der Waals surface area contributed by atoms with Crippen LogP contribution in [0.4, 0.5) is 5.69 Å². The average molecular weight is 408 g/mol. The molecule has 0 aliphatic carbocycles. The number of nitrogens with one attached hydrogen (secondary N) is 1. The molecule has 0 unspecified atom stereocenters. The average Bonchev–Trinajstić information content (AvgIpc) is 2.54. The summed E-state index contributed by atoms with van der Waals surface area (Å²) in [6.45, 7) is -0.0626. The molecule has 0 aromatic heterocycles. The SMILES string of the molecule is CN(CC(=O)Nc1ccccc1Cl)C(=O)C=Cc1cccc(Br)c1. The number of rotatable bonds is 5. The molecule has 2 aromatic rings. The molecule has 0 radical (unpaired) electrons. The summed E-state index contributed by atoms with van der Waals surface area (Å²) in [5.41, 5.74) is 1.42. The Balaban J connectivity index is 1.91. The number of benzene rings is 2. The second-order valence-electron chi connectivity index (χ2n) is 5.11. The van der Waals surface area contributed by atoms with E-state index in [-0.39, 0.29) is 18.4 Å². The number of likely N-dealkylation sites (N-methyl/N-ethyl adjacent to an activating group) is 1. The van der Waals surface area contributed by atoms with Crippen LogP contribution in [0.2, 0.25) is 5.02 Å². The first kappa shape index (κ1) is 18.2. The van der Waals surface area contributed by atoms with E-state index in [4.69, 9.17) is 11.6 Å². The molecule has 4 nitrogen and oxygen atoms in total. The summed E-state index contributed by atoms with van der Waals surface area (Å²) >= 11 is 9.36. The van der Waals surface area contributed by atoms with Gasteiger partial charge in [0.2, 0.25) is 11.8 Å². The van der Waals surface area contributed by atoms with Crippen molar-refractivity contribution in [3.63, 3.8) is 0 Å². The predicted molar refractivity (Wildman–Crippen MR) is 101 cm³/mol. The summed E-state index contributed by atoms with van der Waals surface area (Å²) in [4.78, 5) is 25.4. The highest BCUT2D eigenvalue weighted by Crippen LogP contribution is 2.20. The van der Waals surface area contributed by atoms with Crippen LogP contribution in [0.15, 0.2) is 59.1 Å². The second kappa shape index (κ2) is 8.66. The maximum atomic E-state index is 12.1. The van der Waals surface area contributed by atoms with Gasteiger partial charge in [0, 0.05) is 17.6 Å². The zero-order chi connectivity index (χ0) is 17.5. The van der Waals surface area contributed by atoms with E-state index in [0.29, 0.717) is 10.7 Å². The van der Waals surface area contributed by atoms with Crippen LogP contribution in [0.3, 0.4) is 0 Å². The largest absolute Gasteiger partial charge is 0.333 e. The van der Waals surface area contributed by atoms with Gasteiger partial charge in [-0.1, -0.05) is 51.8 Å². The van der Waals surface area contributed by atoms with Crippen molar-refractivity contribution in [3.8, 4) is 0 Å². The number of hydrogen-bond acceptors (Lipinski definition) is 2. The summed E-state index contributed by atoms with van der Waals surface area (Å²) in [7, 11) is 1.57. The minimum absolute atomic E-state index is 0.0626. The molecular weight excluding hydrogens is 392 g/mol. The molecule has 0 atom stereocenters. The van der Waals surface area contributed by atoms with Gasteiger partial charge in [-0.25, -0.2) is 0 Å². The lowest BCUT2D eigenvalue weighted by atomic mass is 10.2. The van der Waals surface area contributed by atoms with Gasteiger partial charge in [0.1, 0.15) is 0 Å². The first-order valence-electron chi connectivity index (χ1n) is 7.19. The molecule has 0 bridgehead atoms. The maximum Gasteiger partial charge on any atom is 0.246 e. The van der Waals surface area contributed by atoms with E-state index < -0.39 is 0 Å². The first-order chi connectivity index (χ1) is 11.5. The Kier molecular flexibility index (Phi) is 6.58. The minimum Gasteiger partial charge on any atom is -0.333 e. The molecule has 6 heteroatoms. The van der Waals surface area contributed by atoms with Crippen molar-refractivity contribution in [2.75, 3.05) is 18.9 Å². The first-order valence-corrected chi connectivity index (χ1v) is 8.36. The summed E-state index contributed by atoms with van der Waals surface area (Å²) < 4.78 is 0.935. The van der Waals surface area contributed by atoms with E-state index in [1.807, 2.05) is 24.3 Å². The summed E-state index contributed by atoms with van der Waals surface area (Å²) in [6, 6.07) is 14.5. The van der Waals surface area contributed by atoms with Crippen LogP contribution >= 0.6 is 27.5 Å². The van der Waals surface area contributed by atoms with Crippen molar-refractivity contribution >= 4 is 51.1 Å². The van der Waals surface area contributed by atoms with E-state index in [2.05, 4.69) is 21.2 Å². The number of halogens is 2.